The zero-order valence-electron chi connectivity index (χ0n) is 17.0. The van der Waals surface area contributed by atoms with Crippen molar-refractivity contribution in [2.75, 3.05) is 19.7 Å². The van der Waals surface area contributed by atoms with Crippen LogP contribution in [0.4, 0.5) is 0 Å². The lowest BCUT2D eigenvalue weighted by molar-refractivity contribution is 0.107. The minimum absolute atomic E-state index is 0.217. The number of nitrogens with zero attached hydrogens (tertiary/aromatic N) is 1. The minimum Gasteiger partial charge on any atom is -0.490 e. The fourth-order valence-corrected chi connectivity index (χ4v) is 4.64. The van der Waals surface area contributed by atoms with Crippen LogP contribution in [0.5, 0.6) is 5.75 Å². The molecule has 5 aromatic rings. The highest BCUT2D eigenvalue weighted by molar-refractivity contribution is 7.17. The molecule has 0 radical (unpaired) electrons. The van der Waals surface area contributed by atoms with E-state index in [1.54, 1.807) is 11.3 Å². The number of hydrogen-bond acceptors (Lipinski definition) is 5. The third-order valence-corrected chi connectivity index (χ3v) is 6.29. The number of aliphatic hydroxyl groups excluding tert-OH is 1. The number of rotatable bonds is 9. The lowest BCUT2D eigenvalue weighted by atomic mass is 10.1. The number of ether oxygens (including phenoxy) is 1. The largest absolute Gasteiger partial charge is 0.490 e. The van der Waals surface area contributed by atoms with Gasteiger partial charge in [0, 0.05) is 29.2 Å². The summed E-state index contributed by atoms with van der Waals surface area (Å²) in [5.74, 6) is 0.724. The lowest BCUT2D eigenvalue weighted by Gasteiger charge is -2.15. The number of fused-ring (bicyclic) bond motifs is 2. The maximum atomic E-state index is 10.4. The Morgan fingerprint density at radius 3 is 2.90 bits per heavy atom. The Morgan fingerprint density at radius 2 is 1.94 bits per heavy atom. The van der Waals surface area contributed by atoms with Crippen LogP contribution >= 0.6 is 11.3 Å². The zero-order valence-corrected chi connectivity index (χ0v) is 17.8. The molecule has 4 N–H and O–H groups in total. The summed E-state index contributed by atoms with van der Waals surface area (Å²) in [6, 6.07) is 18.1. The van der Waals surface area contributed by atoms with Crippen molar-refractivity contribution in [2.24, 2.45) is 0 Å². The van der Waals surface area contributed by atoms with E-state index in [4.69, 9.17) is 4.74 Å². The summed E-state index contributed by atoms with van der Waals surface area (Å²) in [6.07, 6.45) is 2.36. The highest BCUT2D eigenvalue weighted by atomic mass is 32.1. The molecule has 5 rings (SSSR count). The van der Waals surface area contributed by atoms with Crippen LogP contribution in [0.25, 0.3) is 32.4 Å². The Labute approximate surface area is 183 Å². The van der Waals surface area contributed by atoms with Crippen molar-refractivity contribution >= 4 is 32.5 Å². The van der Waals surface area contributed by atoms with Crippen LogP contribution in [0, 0.1) is 0 Å². The molecule has 2 aromatic carbocycles. The molecular weight excluding hydrogens is 408 g/mol. The molecule has 0 aliphatic carbocycles. The van der Waals surface area contributed by atoms with Gasteiger partial charge in [0.25, 0.3) is 0 Å². The van der Waals surface area contributed by atoms with Crippen molar-refractivity contribution in [1.29, 1.82) is 0 Å². The fraction of sp³-hybridized carbons (Fsp3) is 0.208. The van der Waals surface area contributed by atoms with Crippen molar-refractivity contribution in [1.82, 2.24) is 20.5 Å². The van der Waals surface area contributed by atoms with Crippen LogP contribution < -0.4 is 10.1 Å². The van der Waals surface area contributed by atoms with Crippen molar-refractivity contribution < 1.29 is 9.84 Å². The van der Waals surface area contributed by atoms with Gasteiger partial charge in [-0.15, -0.1) is 11.3 Å². The van der Waals surface area contributed by atoms with Crippen LogP contribution in [0.15, 0.2) is 66.2 Å². The normalized spacial score (nSPS) is 12.5. The number of aromatic amines is 2. The molecule has 0 bridgehead atoms. The molecule has 0 spiro atoms. The van der Waals surface area contributed by atoms with E-state index < -0.39 is 6.10 Å². The average Bonchev–Trinajstić information content (AvgIpc) is 3.52. The van der Waals surface area contributed by atoms with Gasteiger partial charge in [0.15, 0.2) is 0 Å². The Kier molecular flexibility index (Phi) is 5.71. The Bertz CT molecular complexity index is 1290. The second kappa shape index (κ2) is 8.93. The van der Waals surface area contributed by atoms with E-state index in [2.05, 4.69) is 44.9 Å². The van der Waals surface area contributed by atoms with Crippen molar-refractivity contribution in [2.45, 2.75) is 12.5 Å². The first kappa shape index (κ1) is 19.8. The second-order valence-electron chi connectivity index (χ2n) is 7.51. The predicted octanol–water partition coefficient (Wildman–Crippen LogP) is 4.34. The van der Waals surface area contributed by atoms with Gasteiger partial charge < -0.3 is 20.1 Å². The number of benzene rings is 2. The van der Waals surface area contributed by atoms with Crippen LogP contribution in [0.1, 0.15) is 5.56 Å². The van der Waals surface area contributed by atoms with E-state index in [0.717, 1.165) is 45.7 Å². The van der Waals surface area contributed by atoms with Gasteiger partial charge in [-0.2, -0.15) is 5.10 Å². The number of aromatic nitrogens is 3. The fourth-order valence-electron chi connectivity index (χ4n) is 3.79. The SMILES string of the molecule is OC(CNCCc1c[nH]c2ccccc12)COc1ccccc1-c1n[nH]c2ccsc12. The topological polar surface area (TPSA) is 86.0 Å². The first-order valence-electron chi connectivity index (χ1n) is 10.4. The van der Waals surface area contributed by atoms with Crippen molar-refractivity contribution in [3.05, 3.63) is 71.7 Å². The summed E-state index contributed by atoms with van der Waals surface area (Å²) in [5, 5.41) is 24.5. The number of aliphatic hydroxyl groups is 1. The molecule has 158 valence electrons. The molecular formula is C24H24N4O2S. The molecule has 3 aromatic heterocycles. The molecule has 7 heteroatoms. The Hall–Kier alpha value is -3.13. The molecule has 0 aliphatic rings. The number of para-hydroxylation sites is 2. The molecule has 0 aliphatic heterocycles. The van der Waals surface area contributed by atoms with Crippen LogP contribution in [0.2, 0.25) is 0 Å². The second-order valence-corrected chi connectivity index (χ2v) is 8.43. The predicted molar refractivity (Wildman–Crippen MR) is 126 cm³/mol. The minimum atomic E-state index is -0.600. The van der Waals surface area contributed by atoms with Crippen molar-refractivity contribution in [3.63, 3.8) is 0 Å². The third kappa shape index (κ3) is 4.20. The number of hydrogen-bond donors (Lipinski definition) is 4. The standard InChI is InChI=1S/C24H24N4O2S/c29-17(14-25-11-9-16-13-26-20-7-3-1-5-18(16)20)15-30-22-8-4-2-6-19(22)23-24-21(27-28-23)10-12-31-24/h1-8,10,12-13,17,25-26,29H,9,11,14-15H2,(H,27,28). The van der Waals surface area contributed by atoms with Crippen molar-refractivity contribution in [3.8, 4) is 17.0 Å². The summed E-state index contributed by atoms with van der Waals surface area (Å²) in [4.78, 5) is 3.30. The molecule has 0 saturated carbocycles. The molecule has 0 fully saturated rings. The van der Waals surface area contributed by atoms with Crippen LogP contribution in [0.3, 0.4) is 0 Å². The molecule has 3 heterocycles. The zero-order chi connectivity index (χ0) is 21.0. The van der Waals surface area contributed by atoms with Gasteiger partial charge in [0.05, 0.1) is 10.2 Å². The summed E-state index contributed by atoms with van der Waals surface area (Å²) in [6.45, 7) is 1.48. The quantitative estimate of drug-likeness (QED) is 0.261. The lowest BCUT2D eigenvalue weighted by Crippen LogP contribution is -2.32. The highest BCUT2D eigenvalue weighted by Crippen LogP contribution is 2.35. The van der Waals surface area contributed by atoms with Gasteiger partial charge in [-0.1, -0.05) is 30.3 Å². The smallest absolute Gasteiger partial charge is 0.128 e. The first-order chi connectivity index (χ1) is 15.3. The number of thiophene rings is 1. The maximum absolute atomic E-state index is 10.4. The van der Waals surface area contributed by atoms with Gasteiger partial charge in [-0.25, -0.2) is 0 Å². The molecule has 0 amide bonds. The molecule has 6 nitrogen and oxygen atoms in total. The van der Waals surface area contributed by atoms with E-state index in [1.807, 2.05) is 41.8 Å². The first-order valence-corrected chi connectivity index (χ1v) is 11.2. The van der Waals surface area contributed by atoms with E-state index >= 15 is 0 Å². The highest BCUT2D eigenvalue weighted by Gasteiger charge is 2.15. The molecule has 0 saturated heterocycles. The molecule has 1 atom stereocenters. The van der Waals surface area contributed by atoms with Crippen LogP contribution in [-0.2, 0) is 6.42 Å². The van der Waals surface area contributed by atoms with E-state index in [1.165, 1.54) is 10.9 Å². The van der Waals surface area contributed by atoms with Gasteiger partial charge in [0.1, 0.15) is 24.2 Å². The van der Waals surface area contributed by atoms with E-state index in [0.29, 0.717) is 6.54 Å². The summed E-state index contributed by atoms with van der Waals surface area (Å²) < 4.78 is 7.07. The Balaban J connectivity index is 1.14. The summed E-state index contributed by atoms with van der Waals surface area (Å²) >= 11 is 1.65. The van der Waals surface area contributed by atoms with Gasteiger partial charge >= 0.3 is 0 Å². The number of H-pyrrole nitrogens is 2. The summed E-state index contributed by atoms with van der Waals surface area (Å²) in [5.41, 5.74) is 5.26. The van der Waals surface area contributed by atoms with Gasteiger partial charge in [-0.3, -0.25) is 5.10 Å². The molecule has 1 unspecified atom stereocenters. The van der Waals surface area contributed by atoms with Gasteiger partial charge in [0.2, 0.25) is 0 Å². The third-order valence-electron chi connectivity index (χ3n) is 5.37. The van der Waals surface area contributed by atoms with E-state index in [-0.39, 0.29) is 6.61 Å². The Morgan fingerprint density at radius 1 is 1.06 bits per heavy atom. The summed E-state index contributed by atoms with van der Waals surface area (Å²) in [7, 11) is 0. The number of nitrogens with one attached hydrogen (secondary N) is 3. The van der Waals surface area contributed by atoms with Crippen LogP contribution in [-0.4, -0.2) is 46.1 Å². The van der Waals surface area contributed by atoms with Gasteiger partial charge in [-0.05, 0) is 48.2 Å². The average molecular weight is 433 g/mol. The maximum Gasteiger partial charge on any atom is 0.128 e. The monoisotopic (exact) mass is 432 g/mol. The van der Waals surface area contributed by atoms with E-state index in [9.17, 15) is 5.11 Å². The molecule has 31 heavy (non-hydrogen) atoms.